The molecule has 1 N–H and O–H groups in total. The predicted molar refractivity (Wildman–Crippen MR) is 69.4 cm³/mol. The van der Waals surface area contributed by atoms with E-state index in [4.69, 9.17) is 4.42 Å². The Labute approximate surface area is 108 Å². The third-order valence-electron chi connectivity index (χ3n) is 3.14. The van der Waals surface area contributed by atoms with Crippen LogP contribution >= 0.6 is 0 Å². The van der Waals surface area contributed by atoms with Crippen LogP contribution in [-0.4, -0.2) is 21.6 Å². The molecule has 0 spiro atoms. The Morgan fingerprint density at radius 1 is 1.17 bits per heavy atom. The highest BCUT2D eigenvalue weighted by Gasteiger charge is 2.29. The Balaban J connectivity index is 2.84. The van der Waals surface area contributed by atoms with Crippen molar-refractivity contribution in [2.45, 2.75) is 59.4 Å². The van der Waals surface area contributed by atoms with E-state index >= 15 is 0 Å². The van der Waals surface area contributed by atoms with Crippen molar-refractivity contribution in [2.75, 3.05) is 0 Å². The molecule has 0 aromatic carbocycles. The summed E-state index contributed by atoms with van der Waals surface area (Å²) in [5, 5.41) is 10.6. The molecule has 1 amide bonds. The number of aromatic nitrogens is 2. The SMILES string of the molecule is CC(C)C(C)(C)NC(=O)c1nnc(C(C)(C)C)o1. The summed E-state index contributed by atoms with van der Waals surface area (Å²) in [5.41, 5.74) is -0.563. The molecule has 0 saturated heterocycles. The molecule has 0 atom stereocenters. The minimum Gasteiger partial charge on any atom is -0.416 e. The van der Waals surface area contributed by atoms with Gasteiger partial charge in [0, 0.05) is 11.0 Å². The lowest BCUT2D eigenvalue weighted by atomic mass is 9.91. The molecule has 0 radical (unpaired) electrons. The number of amides is 1. The molecule has 0 saturated carbocycles. The highest BCUT2D eigenvalue weighted by Crippen LogP contribution is 2.21. The second kappa shape index (κ2) is 4.71. The van der Waals surface area contributed by atoms with Gasteiger partial charge in [0.05, 0.1) is 0 Å². The molecule has 102 valence electrons. The normalized spacial score (nSPS) is 12.9. The first kappa shape index (κ1) is 14.7. The maximum absolute atomic E-state index is 12.0. The fourth-order valence-electron chi connectivity index (χ4n) is 1.11. The number of hydrogen-bond donors (Lipinski definition) is 1. The lowest BCUT2D eigenvalue weighted by Gasteiger charge is -2.29. The number of nitrogens with one attached hydrogen (secondary N) is 1. The molecular formula is C13H23N3O2. The average Bonchev–Trinajstić information content (AvgIpc) is 2.64. The quantitative estimate of drug-likeness (QED) is 0.898. The Bertz CT molecular complexity index is 428. The molecule has 0 aliphatic carbocycles. The minimum atomic E-state index is -0.322. The van der Waals surface area contributed by atoms with Gasteiger partial charge in [-0.15, -0.1) is 10.2 Å². The van der Waals surface area contributed by atoms with E-state index in [2.05, 4.69) is 29.4 Å². The van der Waals surface area contributed by atoms with E-state index < -0.39 is 0 Å². The minimum absolute atomic E-state index is 0.0219. The Morgan fingerprint density at radius 2 is 1.72 bits per heavy atom. The van der Waals surface area contributed by atoms with E-state index in [9.17, 15) is 4.79 Å². The van der Waals surface area contributed by atoms with Gasteiger partial charge in [-0.25, -0.2) is 0 Å². The van der Waals surface area contributed by atoms with Crippen LogP contribution in [0.1, 0.15) is 65.0 Å². The summed E-state index contributed by atoms with van der Waals surface area (Å²) in [5.74, 6) is 0.479. The van der Waals surface area contributed by atoms with Gasteiger partial charge in [-0.2, -0.15) is 0 Å². The van der Waals surface area contributed by atoms with Gasteiger partial charge in [0.2, 0.25) is 5.89 Å². The van der Waals surface area contributed by atoms with E-state index in [1.165, 1.54) is 0 Å². The van der Waals surface area contributed by atoms with Crippen molar-refractivity contribution < 1.29 is 9.21 Å². The second-order valence-electron chi connectivity index (χ2n) is 6.49. The maximum atomic E-state index is 12.0. The summed E-state index contributed by atoms with van der Waals surface area (Å²) >= 11 is 0. The van der Waals surface area contributed by atoms with E-state index in [-0.39, 0.29) is 22.8 Å². The van der Waals surface area contributed by atoms with E-state index in [1.54, 1.807) is 0 Å². The van der Waals surface area contributed by atoms with Crippen LogP contribution in [0.2, 0.25) is 0 Å². The zero-order chi connectivity index (χ0) is 14.1. The summed E-state index contributed by atoms with van der Waals surface area (Å²) in [7, 11) is 0. The summed E-state index contributed by atoms with van der Waals surface area (Å²) < 4.78 is 5.40. The monoisotopic (exact) mass is 253 g/mol. The van der Waals surface area contributed by atoms with Crippen molar-refractivity contribution in [1.29, 1.82) is 0 Å². The largest absolute Gasteiger partial charge is 0.416 e. The van der Waals surface area contributed by atoms with Crippen LogP contribution in [0.3, 0.4) is 0 Å². The molecule has 18 heavy (non-hydrogen) atoms. The van der Waals surface area contributed by atoms with Crippen LogP contribution in [-0.2, 0) is 5.41 Å². The highest BCUT2D eigenvalue weighted by molar-refractivity contribution is 5.89. The second-order valence-corrected chi connectivity index (χ2v) is 6.49. The lowest BCUT2D eigenvalue weighted by Crippen LogP contribution is -2.47. The van der Waals surface area contributed by atoms with Crippen LogP contribution in [0.25, 0.3) is 0 Å². The fourth-order valence-corrected chi connectivity index (χ4v) is 1.11. The summed E-state index contributed by atoms with van der Waals surface area (Å²) in [4.78, 5) is 12.0. The first-order valence-electron chi connectivity index (χ1n) is 6.20. The predicted octanol–water partition coefficient (Wildman–Crippen LogP) is 2.53. The van der Waals surface area contributed by atoms with Crippen molar-refractivity contribution in [3.63, 3.8) is 0 Å². The Hall–Kier alpha value is -1.39. The molecule has 0 bridgehead atoms. The van der Waals surface area contributed by atoms with Crippen molar-refractivity contribution in [3.05, 3.63) is 11.8 Å². The summed E-state index contributed by atoms with van der Waals surface area (Å²) in [6.45, 7) is 13.9. The van der Waals surface area contributed by atoms with Crippen LogP contribution in [0.5, 0.6) is 0 Å². The fraction of sp³-hybridized carbons (Fsp3) is 0.769. The molecule has 1 aromatic rings. The summed E-state index contributed by atoms with van der Waals surface area (Å²) in [6, 6.07) is 0. The van der Waals surface area contributed by atoms with Gasteiger partial charge in [-0.1, -0.05) is 34.6 Å². The third-order valence-corrected chi connectivity index (χ3v) is 3.14. The standard InChI is InChI=1S/C13H23N3O2/c1-8(2)13(6,7)14-9(17)10-15-16-11(18-10)12(3,4)5/h8H,1-7H3,(H,14,17). The Kier molecular flexibility index (Phi) is 3.84. The lowest BCUT2D eigenvalue weighted by molar-refractivity contribution is 0.0851. The van der Waals surface area contributed by atoms with Crippen LogP contribution < -0.4 is 5.32 Å². The van der Waals surface area contributed by atoms with E-state index in [0.29, 0.717) is 11.8 Å². The smallest absolute Gasteiger partial charge is 0.309 e. The van der Waals surface area contributed by atoms with Crippen LogP contribution in [0, 0.1) is 5.92 Å². The third kappa shape index (κ3) is 3.31. The molecule has 0 fully saturated rings. The zero-order valence-electron chi connectivity index (χ0n) is 12.3. The first-order valence-corrected chi connectivity index (χ1v) is 6.20. The molecule has 5 nitrogen and oxygen atoms in total. The van der Waals surface area contributed by atoms with Gasteiger partial charge in [0.1, 0.15) is 0 Å². The van der Waals surface area contributed by atoms with E-state index in [1.807, 2.05) is 34.6 Å². The molecular weight excluding hydrogens is 230 g/mol. The number of carbonyl (C=O) groups excluding carboxylic acids is 1. The molecule has 0 aliphatic rings. The van der Waals surface area contributed by atoms with Crippen LogP contribution in [0.15, 0.2) is 4.42 Å². The van der Waals surface area contributed by atoms with Gasteiger partial charge in [-0.3, -0.25) is 4.79 Å². The van der Waals surface area contributed by atoms with Crippen molar-refractivity contribution >= 4 is 5.91 Å². The van der Waals surface area contributed by atoms with Gasteiger partial charge < -0.3 is 9.73 Å². The number of nitrogens with zero attached hydrogens (tertiary/aromatic N) is 2. The van der Waals surface area contributed by atoms with Gasteiger partial charge in [0.25, 0.3) is 0 Å². The van der Waals surface area contributed by atoms with Crippen molar-refractivity contribution in [2.24, 2.45) is 5.92 Å². The maximum Gasteiger partial charge on any atom is 0.309 e. The van der Waals surface area contributed by atoms with Crippen molar-refractivity contribution in [3.8, 4) is 0 Å². The van der Waals surface area contributed by atoms with Crippen molar-refractivity contribution in [1.82, 2.24) is 15.5 Å². The molecule has 0 unspecified atom stereocenters. The highest BCUT2D eigenvalue weighted by atomic mass is 16.4. The van der Waals surface area contributed by atoms with Crippen LogP contribution in [0.4, 0.5) is 0 Å². The van der Waals surface area contributed by atoms with Gasteiger partial charge in [-0.05, 0) is 19.8 Å². The topological polar surface area (TPSA) is 68.0 Å². The van der Waals surface area contributed by atoms with E-state index in [0.717, 1.165) is 0 Å². The zero-order valence-corrected chi connectivity index (χ0v) is 12.3. The average molecular weight is 253 g/mol. The molecule has 1 aromatic heterocycles. The Morgan fingerprint density at radius 3 is 2.11 bits per heavy atom. The first-order chi connectivity index (χ1) is 8.04. The molecule has 5 heteroatoms. The summed E-state index contributed by atoms with van der Waals surface area (Å²) in [6.07, 6.45) is 0. The number of rotatable bonds is 3. The number of carbonyl (C=O) groups is 1. The molecule has 0 aliphatic heterocycles. The molecule has 1 rings (SSSR count). The van der Waals surface area contributed by atoms with Gasteiger partial charge in [0.15, 0.2) is 0 Å². The molecule has 1 heterocycles. The number of hydrogen-bond acceptors (Lipinski definition) is 4. The van der Waals surface area contributed by atoms with Gasteiger partial charge >= 0.3 is 11.8 Å².